The second kappa shape index (κ2) is 8.74. The molecular formula is C21H19FN4O3. The van der Waals surface area contributed by atoms with Crippen LogP contribution in [-0.2, 0) is 9.53 Å². The zero-order valence-corrected chi connectivity index (χ0v) is 15.6. The summed E-state index contributed by atoms with van der Waals surface area (Å²) in [7, 11) is 0. The van der Waals surface area contributed by atoms with Crippen LogP contribution in [0.1, 0.15) is 11.8 Å². The summed E-state index contributed by atoms with van der Waals surface area (Å²) in [6.07, 6.45) is 4.53. The zero-order valence-electron chi connectivity index (χ0n) is 15.6. The topological polar surface area (TPSA) is 77.4 Å². The molecule has 0 unspecified atom stereocenters. The van der Waals surface area contributed by atoms with Crippen LogP contribution in [0.25, 0.3) is 11.3 Å². The number of hydrogen-bond acceptors (Lipinski definition) is 6. The molecule has 0 radical (unpaired) electrons. The Morgan fingerprint density at radius 3 is 2.76 bits per heavy atom. The van der Waals surface area contributed by atoms with Crippen molar-refractivity contribution in [3.63, 3.8) is 0 Å². The number of nitrogens with zero attached hydrogens (tertiary/aromatic N) is 4. The van der Waals surface area contributed by atoms with E-state index in [0.29, 0.717) is 25.4 Å². The lowest BCUT2D eigenvalue weighted by Gasteiger charge is -2.32. The number of morpholine rings is 1. The summed E-state index contributed by atoms with van der Waals surface area (Å²) < 4.78 is 24.3. The first-order valence-corrected chi connectivity index (χ1v) is 9.19. The number of aromatic nitrogens is 3. The monoisotopic (exact) mass is 394 g/mol. The van der Waals surface area contributed by atoms with Crippen LogP contribution in [-0.4, -0.2) is 52.1 Å². The molecule has 148 valence electrons. The highest BCUT2D eigenvalue weighted by Gasteiger charge is 2.26. The predicted octanol–water partition coefficient (Wildman–Crippen LogP) is 2.66. The fourth-order valence-electron chi connectivity index (χ4n) is 3.04. The first-order chi connectivity index (χ1) is 14.2. The number of carbonyl (C=O) groups is 1. The highest BCUT2D eigenvalue weighted by molar-refractivity contribution is 5.78. The van der Waals surface area contributed by atoms with Gasteiger partial charge in [0.15, 0.2) is 6.61 Å². The number of halogens is 1. The van der Waals surface area contributed by atoms with Crippen LogP contribution < -0.4 is 4.74 Å². The zero-order chi connectivity index (χ0) is 20.1. The summed E-state index contributed by atoms with van der Waals surface area (Å²) in [4.78, 5) is 26.9. The van der Waals surface area contributed by atoms with Crippen LogP contribution in [0.2, 0.25) is 0 Å². The summed E-state index contributed by atoms with van der Waals surface area (Å²) in [5.41, 5.74) is 2.30. The number of carbonyl (C=O) groups excluding carboxylic acids is 1. The Bertz CT molecular complexity index is 969. The van der Waals surface area contributed by atoms with Crippen molar-refractivity contribution in [3.8, 4) is 17.0 Å². The average molecular weight is 394 g/mol. The Hall–Kier alpha value is -3.39. The Balaban J connectivity index is 1.40. The van der Waals surface area contributed by atoms with E-state index < -0.39 is 0 Å². The van der Waals surface area contributed by atoms with Crippen molar-refractivity contribution in [3.05, 3.63) is 72.7 Å². The van der Waals surface area contributed by atoms with E-state index in [2.05, 4.69) is 15.0 Å². The third kappa shape index (κ3) is 4.72. The summed E-state index contributed by atoms with van der Waals surface area (Å²) in [6, 6.07) is 11.2. The van der Waals surface area contributed by atoms with Crippen LogP contribution >= 0.6 is 0 Å². The molecule has 1 fully saturated rings. The lowest BCUT2D eigenvalue weighted by atomic mass is 10.1. The van der Waals surface area contributed by atoms with Gasteiger partial charge in [-0.25, -0.2) is 19.3 Å². The summed E-state index contributed by atoms with van der Waals surface area (Å²) >= 11 is 0. The molecule has 0 bridgehead atoms. The standard InChI is InChI=1S/C21H19FN4O3/c22-16-4-6-17(7-5-16)29-13-21(27)26-8-9-28-20(12-26)19-3-1-2-18(25-19)15-10-23-14-24-11-15/h1-7,10-11,14,20H,8-9,12-13H2/t20-/m1/s1. The minimum absolute atomic E-state index is 0.118. The number of rotatable bonds is 5. The molecule has 0 spiro atoms. The molecule has 0 aliphatic carbocycles. The van der Waals surface area contributed by atoms with Gasteiger partial charge in [0.1, 0.15) is 24.0 Å². The molecule has 1 amide bonds. The fraction of sp³-hybridized carbons (Fsp3) is 0.238. The minimum Gasteiger partial charge on any atom is -0.484 e. The molecule has 2 aromatic heterocycles. The highest BCUT2D eigenvalue weighted by atomic mass is 19.1. The first-order valence-electron chi connectivity index (χ1n) is 9.19. The Kier molecular flexibility index (Phi) is 5.71. The molecule has 1 aliphatic rings. The van der Waals surface area contributed by atoms with Gasteiger partial charge in [0.2, 0.25) is 0 Å². The van der Waals surface area contributed by atoms with Crippen LogP contribution in [0, 0.1) is 5.82 Å². The third-order valence-corrected chi connectivity index (χ3v) is 4.55. The van der Waals surface area contributed by atoms with Crippen LogP contribution in [0.4, 0.5) is 4.39 Å². The van der Waals surface area contributed by atoms with E-state index in [1.807, 2.05) is 18.2 Å². The molecule has 7 nitrogen and oxygen atoms in total. The van der Waals surface area contributed by atoms with Crippen molar-refractivity contribution in [2.75, 3.05) is 26.3 Å². The molecule has 8 heteroatoms. The SMILES string of the molecule is O=C(COc1ccc(F)cc1)N1CCO[C@@H](c2cccc(-c3cncnc3)n2)C1. The second-order valence-electron chi connectivity index (χ2n) is 6.52. The normalized spacial score (nSPS) is 16.4. The Labute approximate surface area is 167 Å². The largest absolute Gasteiger partial charge is 0.484 e. The van der Waals surface area contributed by atoms with Gasteiger partial charge in [0, 0.05) is 24.5 Å². The third-order valence-electron chi connectivity index (χ3n) is 4.55. The molecule has 1 aliphatic heterocycles. The van der Waals surface area contributed by atoms with Gasteiger partial charge in [-0.3, -0.25) is 4.79 Å². The maximum atomic E-state index is 13.0. The fourth-order valence-corrected chi connectivity index (χ4v) is 3.04. The van der Waals surface area contributed by atoms with Gasteiger partial charge >= 0.3 is 0 Å². The van der Waals surface area contributed by atoms with E-state index in [-0.39, 0.29) is 24.4 Å². The van der Waals surface area contributed by atoms with Crippen molar-refractivity contribution in [1.82, 2.24) is 19.9 Å². The smallest absolute Gasteiger partial charge is 0.260 e. The number of pyridine rings is 1. The molecule has 3 heterocycles. The summed E-state index contributed by atoms with van der Waals surface area (Å²) in [5, 5.41) is 0. The minimum atomic E-state index is -0.350. The maximum absolute atomic E-state index is 13.0. The number of hydrogen-bond donors (Lipinski definition) is 0. The maximum Gasteiger partial charge on any atom is 0.260 e. The number of amides is 1. The number of benzene rings is 1. The molecule has 4 rings (SSSR count). The van der Waals surface area contributed by atoms with Crippen LogP contribution in [0.15, 0.2) is 61.2 Å². The van der Waals surface area contributed by atoms with Crippen molar-refractivity contribution in [2.45, 2.75) is 6.10 Å². The molecule has 1 saturated heterocycles. The lowest BCUT2D eigenvalue weighted by molar-refractivity contribution is -0.141. The van der Waals surface area contributed by atoms with Crippen molar-refractivity contribution >= 4 is 5.91 Å². The average Bonchev–Trinajstić information content (AvgIpc) is 2.79. The van der Waals surface area contributed by atoms with Gasteiger partial charge in [-0.2, -0.15) is 0 Å². The van der Waals surface area contributed by atoms with Gasteiger partial charge in [-0.1, -0.05) is 6.07 Å². The van der Waals surface area contributed by atoms with Crippen molar-refractivity contribution in [2.24, 2.45) is 0 Å². The van der Waals surface area contributed by atoms with Crippen molar-refractivity contribution in [1.29, 1.82) is 0 Å². The van der Waals surface area contributed by atoms with Crippen LogP contribution in [0.3, 0.4) is 0 Å². The van der Waals surface area contributed by atoms with Gasteiger partial charge in [-0.05, 0) is 36.4 Å². The van der Waals surface area contributed by atoms with Gasteiger partial charge < -0.3 is 14.4 Å². The summed E-state index contributed by atoms with van der Waals surface area (Å²) in [6.45, 7) is 1.15. The van der Waals surface area contributed by atoms with Crippen LogP contribution in [0.5, 0.6) is 5.75 Å². The van der Waals surface area contributed by atoms with E-state index in [1.54, 1.807) is 17.3 Å². The van der Waals surface area contributed by atoms with Gasteiger partial charge in [-0.15, -0.1) is 0 Å². The van der Waals surface area contributed by atoms with E-state index in [0.717, 1.165) is 17.0 Å². The van der Waals surface area contributed by atoms with E-state index in [4.69, 9.17) is 9.47 Å². The molecule has 1 atom stereocenters. The van der Waals surface area contributed by atoms with Gasteiger partial charge in [0.25, 0.3) is 5.91 Å². The van der Waals surface area contributed by atoms with E-state index >= 15 is 0 Å². The molecule has 29 heavy (non-hydrogen) atoms. The van der Waals surface area contributed by atoms with E-state index in [9.17, 15) is 9.18 Å². The Morgan fingerprint density at radius 1 is 1.17 bits per heavy atom. The summed E-state index contributed by atoms with van der Waals surface area (Å²) in [5.74, 6) is -0.0595. The van der Waals surface area contributed by atoms with E-state index in [1.165, 1.54) is 30.6 Å². The van der Waals surface area contributed by atoms with Gasteiger partial charge in [0.05, 0.1) is 24.5 Å². The molecule has 1 aromatic carbocycles. The first kappa shape index (κ1) is 18.9. The molecule has 0 saturated carbocycles. The molecular weight excluding hydrogens is 375 g/mol. The predicted molar refractivity (Wildman–Crippen MR) is 102 cm³/mol. The second-order valence-corrected chi connectivity index (χ2v) is 6.52. The lowest BCUT2D eigenvalue weighted by Crippen LogP contribution is -2.44. The quantitative estimate of drug-likeness (QED) is 0.662. The van der Waals surface area contributed by atoms with Crippen molar-refractivity contribution < 1.29 is 18.7 Å². The number of ether oxygens (including phenoxy) is 2. The molecule has 3 aromatic rings. The highest BCUT2D eigenvalue weighted by Crippen LogP contribution is 2.24. The Morgan fingerprint density at radius 2 is 1.97 bits per heavy atom. The molecule has 0 N–H and O–H groups in total.